The van der Waals surface area contributed by atoms with Crippen molar-refractivity contribution >= 4 is 5.97 Å². The van der Waals surface area contributed by atoms with Crippen LogP contribution in [-0.4, -0.2) is 11.1 Å². The lowest BCUT2D eigenvalue weighted by molar-refractivity contribution is -0.139. The Balaban J connectivity index is 2.05. The fraction of sp³-hybridized carbons (Fsp3) is 0.208. The molecule has 0 aliphatic heterocycles. The van der Waals surface area contributed by atoms with E-state index in [-0.39, 0.29) is 0 Å². The predicted octanol–water partition coefficient (Wildman–Crippen LogP) is 7.27. The quantitative estimate of drug-likeness (QED) is 0.399. The zero-order valence-electron chi connectivity index (χ0n) is 16.6. The molecule has 1 atom stereocenters. The number of hydrogen-bond acceptors (Lipinski definition) is 2. The number of aliphatic carboxylic acids is 1. The Hall–Kier alpha value is -3.35. The summed E-state index contributed by atoms with van der Waals surface area (Å²) in [5.41, 5.74) is 0.707. The molecule has 3 aromatic rings. The van der Waals surface area contributed by atoms with E-state index >= 15 is 0 Å². The van der Waals surface area contributed by atoms with Gasteiger partial charge in [-0.1, -0.05) is 31.5 Å². The molecule has 0 heterocycles. The average Bonchev–Trinajstić information content (AvgIpc) is 2.72. The fourth-order valence-electron chi connectivity index (χ4n) is 3.26. The summed E-state index contributed by atoms with van der Waals surface area (Å²) in [6.07, 6.45) is -3.43. The molecule has 0 bridgehead atoms. The molecular formula is C24H20F4O3. The van der Waals surface area contributed by atoms with E-state index in [1.54, 1.807) is 18.2 Å². The van der Waals surface area contributed by atoms with Gasteiger partial charge in [0.05, 0.1) is 11.5 Å². The van der Waals surface area contributed by atoms with Crippen molar-refractivity contribution in [3.05, 3.63) is 83.7 Å². The SMILES string of the molecule is CCCC(C(=O)O)c1cc(Oc2ccc(F)cc2)cc(-c2ccc(C(F)(F)F)cc2)c1. The Labute approximate surface area is 176 Å². The summed E-state index contributed by atoms with van der Waals surface area (Å²) in [5.74, 6) is -1.57. The molecule has 0 spiro atoms. The van der Waals surface area contributed by atoms with E-state index in [0.29, 0.717) is 41.0 Å². The van der Waals surface area contributed by atoms with Gasteiger partial charge >= 0.3 is 12.1 Å². The molecule has 0 amide bonds. The molecule has 0 saturated heterocycles. The van der Waals surface area contributed by atoms with E-state index in [9.17, 15) is 27.5 Å². The van der Waals surface area contributed by atoms with E-state index in [4.69, 9.17) is 4.74 Å². The molecule has 0 radical (unpaired) electrons. The Morgan fingerprint density at radius 1 is 0.935 bits per heavy atom. The second-order valence-corrected chi connectivity index (χ2v) is 7.10. The van der Waals surface area contributed by atoms with Crippen LogP contribution in [0.1, 0.15) is 36.8 Å². The van der Waals surface area contributed by atoms with Crippen molar-refractivity contribution in [1.82, 2.24) is 0 Å². The van der Waals surface area contributed by atoms with Gasteiger partial charge in [0.1, 0.15) is 17.3 Å². The molecule has 7 heteroatoms. The highest BCUT2D eigenvalue weighted by Gasteiger charge is 2.30. The first-order chi connectivity index (χ1) is 14.7. The molecule has 0 aliphatic carbocycles. The Morgan fingerprint density at radius 3 is 2.13 bits per heavy atom. The van der Waals surface area contributed by atoms with Crippen molar-refractivity contribution in [2.75, 3.05) is 0 Å². The number of benzene rings is 3. The first-order valence-electron chi connectivity index (χ1n) is 9.66. The molecule has 3 nitrogen and oxygen atoms in total. The van der Waals surface area contributed by atoms with Crippen LogP contribution in [0.2, 0.25) is 0 Å². The molecule has 0 fully saturated rings. The smallest absolute Gasteiger partial charge is 0.416 e. The first-order valence-corrected chi connectivity index (χ1v) is 9.66. The van der Waals surface area contributed by atoms with Gasteiger partial charge in [0.15, 0.2) is 0 Å². The largest absolute Gasteiger partial charge is 0.481 e. The highest BCUT2D eigenvalue weighted by molar-refractivity contribution is 5.78. The highest BCUT2D eigenvalue weighted by Crippen LogP contribution is 2.35. The Kier molecular flexibility index (Phi) is 6.63. The monoisotopic (exact) mass is 432 g/mol. The standard InChI is InChI=1S/C24H20F4O3/c1-2-3-22(23(29)30)17-12-16(15-4-6-18(7-5-15)24(26,27)28)13-21(14-17)31-20-10-8-19(25)9-11-20/h4-14,22H,2-3H2,1H3,(H,29,30). The summed E-state index contributed by atoms with van der Waals surface area (Å²) in [7, 11) is 0. The highest BCUT2D eigenvalue weighted by atomic mass is 19.4. The van der Waals surface area contributed by atoms with Crippen molar-refractivity contribution in [3.8, 4) is 22.6 Å². The molecule has 31 heavy (non-hydrogen) atoms. The lowest BCUT2D eigenvalue weighted by Crippen LogP contribution is -2.11. The molecule has 0 aromatic heterocycles. The zero-order chi connectivity index (χ0) is 22.6. The lowest BCUT2D eigenvalue weighted by Gasteiger charge is -2.16. The van der Waals surface area contributed by atoms with Crippen LogP contribution in [0.4, 0.5) is 17.6 Å². The minimum absolute atomic E-state index is 0.307. The number of carboxylic acid groups (broad SMARTS) is 1. The van der Waals surface area contributed by atoms with Gasteiger partial charge in [-0.25, -0.2) is 4.39 Å². The van der Waals surface area contributed by atoms with Gasteiger partial charge in [-0.3, -0.25) is 4.79 Å². The molecule has 1 unspecified atom stereocenters. The third-order valence-corrected chi connectivity index (χ3v) is 4.80. The molecule has 0 saturated carbocycles. The number of alkyl halides is 3. The minimum Gasteiger partial charge on any atom is -0.481 e. The summed E-state index contributed by atoms with van der Waals surface area (Å²) in [6, 6.07) is 14.8. The molecule has 1 N–H and O–H groups in total. The third kappa shape index (κ3) is 5.63. The summed E-state index contributed by atoms with van der Waals surface area (Å²) in [6.45, 7) is 1.87. The second-order valence-electron chi connectivity index (χ2n) is 7.10. The molecule has 0 aliphatic rings. The van der Waals surface area contributed by atoms with Crippen LogP contribution in [0.25, 0.3) is 11.1 Å². The van der Waals surface area contributed by atoms with E-state index in [2.05, 4.69) is 0 Å². The van der Waals surface area contributed by atoms with E-state index in [1.807, 2.05) is 6.92 Å². The van der Waals surface area contributed by atoms with Gasteiger partial charge in [-0.15, -0.1) is 0 Å². The maximum atomic E-state index is 13.2. The fourth-order valence-corrected chi connectivity index (χ4v) is 3.26. The predicted molar refractivity (Wildman–Crippen MR) is 109 cm³/mol. The number of hydrogen-bond donors (Lipinski definition) is 1. The summed E-state index contributed by atoms with van der Waals surface area (Å²) in [4.78, 5) is 11.8. The van der Waals surface area contributed by atoms with Gasteiger partial charge in [0.2, 0.25) is 0 Å². The maximum absolute atomic E-state index is 13.2. The van der Waals surface area contributed by atoms with Crippen molar-refractivity contribution in [2.45, 2.75) is 31.9 Å². The average molecular weight is 432 g/mol. The van der Waals surface area contributed by atoms with Crippen LogP contribution in [-0.2, 0) is 11.0 Å². The van der Waals surface area contributed by atoms with Crippen LogP contribution in [0, 0.1) is 5.82 Å². The van der Waals surface area contributed by atoms with Crippen molar-refractivity contribution in [3.63, 3.8) is 0 Å². The normalized spacial score (nSPS) is 12.4. The van der Waals surface area contributed by atoms with Gasteiger partial charge in [0, 0.05) is 0 Å². The van der Waals surface area contributed by atoms with Crippen molar-refractivity contribution in [2.24, 2.45) is 0 Å². The van der Waals surface area contributed by atoms with Crippen LogP contribution in [0.15, 0.2) is 66.7 Å². The van der Waals surface area contributed by atoms with E-state index in [1.165, 1.54) is 36.4 Å². The van der Waals surface area contributed by atoms with Crippen molar-refractivity contribution in [1.29, 1.82) is 0 Å². The third-order valence-electron chi connectivity index (χ3n) is 4.80. The van der Waals surface area contributed by atoms with Crippen LogP contribution in [0.3, 0.4) is 0 Å². The maximum Gasteiger partial charge on any atom is 0.416 e. The molecule has 162 valence electrons. The number of halogens is 4. The van der Waals surface area contributed by atoms with Crippen LogP contribution in [0.5, 0.6) is 11.5 Å². The lowest BCUT2D eigenvalue weighted by atomic mass is 9.91. The summed E-state index contributed by atoms with van der Waals surface area (Å²) in [5, 5.41) is 9.65. The van der Waals surface area contributed by atoms with Gasteiger partial charge in [-0.2, -0.15) is 13.2 Å². The Morgan fingerprint density at radius 2 is 1.58 bits per heavy atom. The molecular weight excluding hydrogens is 412 g/mol. The first kappa shape index (κ1) is 22.3. The minimum atomic E-state index is -4.45. The van der Waals surface area contributed by atoms with E-state index < -0.39 is 29.4 Å². The van der Waals surface area contributed by atoms with E-state index in [0.717, 1.165) is 12.1 Å². The van der Waals surface area contributed by atoms with Gasteiger partial charge < -0.3 is 9.84 Å². The van der Waals surface area contributed by atoms with Crippen molar-refractivity contribution < 1.29 is 32.2 Å². The topological polar surface area (TPSA) is 46.5 Å². The molecule has 3 rings (SSSR count). The number of carboxylic acids is 1. The summed E-state index contributed by atoms with van der Waals surface area (Å²) < 4.78 is 57.6. The number of ether oxygens (including phenoxy) is 1. The van der Waals surface area contributed by atoms with Crippen LogP contribution < -0.4 is 4.74 Å². The van der Waals surface area contributed by atoms with Gasteiger partial charge in [-0.05, 0) is 71.6 Å². The Bertz CT molecular complexity index is 1040. The number of rotatable bonds is 7. The summed E-state index contributed by atoms with van der Waals surface area (Å²) >= 11 is 0. The molecule has 3 aromatic carbocycles. The zero-order valence-corrected chi connectivity index (χ0v) is 16.6. The van der Waals surface area contributed by atoms with Crippen LogP contribution >= 0.6 is 0 Å². The second kappa shape index (κ2) is 9.20. The number of carbonyl (C=O) groups is 1. The van der Waals surface area contributed by atoms with Gasteiger partial charge in [0.25, 0.3) is 0 Å².